The summed E-state index contributed by atoms with van der Waals surface area (Å²) in [5, 5.41) is 0. The van der Waals surface area contributed by atoms with E-state index in [0.29, 0.717) is 19.3 Å². The van der Waals surface area contributed by atoms with E-state index in [-0.39, 0.29) is 31.1 Å². The summed E-state index contributed by atoms with van der Waals surface area (Å²) in [6.45, 7) is 6.27. The van der Waals surface area contributed by atoms with Crippen molar-refractivity contribution in [3.63, 3.8) is 0 Å². The number of hydrogen-bond donors (Lipinski definition) is 0. The highest BCUT2D eigenvalue weighted by Gasteiger charge is 2.19. The van der Waals surface area contributed by atoms with Gasteiger partial charge in [-0.2, -0.15) is 0 Å². The summed E-state index contributed by atoms with van der Waals surface area (Å²) in [5.41, 5.74) is 0. The van der Waals surface area contributed by atoms with Crippen LogP contribution in [0.4, 0.5) is 0 Å². The van der Waals surface area contributed by atoms with Crippen molar-refractivity contribution in [3.05, 3.63) is 109 Å². The SMILES string of the molecule is CC/C=C\C/C=C\C/C=C\CCCCCCCCCC(=O)OCC(COC(=O)CCCCCCC/C=C\C/C=C\C/C=C\CC)OC(=O)CCCCCCCCC/C=C\C/C=C\C/C=C\CC. The molecule has 0 aliphatic rings. The molecule has 67 heavy (non-hydrogen) atoms. The predicted octanol–water partition coefficient (Wildman–Crippen LogP) is 18.3. The minimum atomic E-state index is -0.797. The van der Waals surface area contributed by atoms with Crippen LogP contribution in [0.25, 0.3) is 0 Å². The van der Waals surface area contributed by atoms with Crippen LogP contribution in [0.3, 0.4) is 0 Å². The van der Waals surface area contributed by atoms with Gasteiger partial charge in [0, 0.05) is 19.3 Å². The molecular formula is C61H100O6. The summed E-state index contributed by atoms with van der Waals surface area (Å²) in [5.74, 6) is -0.932. The predicted molar refractivity (Wildman–Crippen MR) is 288 cm³/mol. The highest BCUT2D eigenvalue weighted by Crippen LogP contribution is 2.14. The van der Waals surface area contributed by atoms with Crippen LogP contribution < -0.4 is 0 Å². The standard InChI is InChI=1S/C61H100O6/c1-4-7-10-13-16-19-22-25-28-30-33-36-39-42-45-48-51-54-60(63)66-57-58(56-65-59(62)53-50-47-44-41-38-35-32-27-24-21-18-15-12-9-6-3)67-61(64)55-52-49-46-43-40-37-34-31-29-26-23-20-17-14-11-8-5-2/h7-12,16-21,25-29,32,58H,4-6,13-15,22-24,30-31,33-57H2,1-3H3/b10-7-,11-8-,12-9-,19-16-,20-17-,21-18-,28-25-,29-26-,32-27-. The van der Waals surface area contributed by atoms with Crippen molar-refractivity contribution in [2.75, 3.05) is 13.2 Å². The summed E-state index contributed by atoms with van der Waals surface area (Å²) >= 11 is 0. The van der Waals surface area contributed by atoms with Crippen molar-refractivity contribution >= 4 is 17.9 Å². The van der Waals surface area contributed by atoms with Gasteiger partial charge in [-0.15, -0.1) is 0 Å². The first-order valence-corrected chi connectivity index (χ1v) is 27.4. The van der Waals surface area contributed by atoms with Gasteiger partial charge < -0.3 is 14.2 Å². The zero-order chi connectivity index (χ0) is 48.6. The van der Waals surface area contributed by atoms with Crippen molar-refractivity contribution in [1.82, 2.24) is 0 Å². The quantitative estimate of drug-likeness (QED) is 0.0262. The van der Waals surface area contributed by atoms with Crippen molar-refractivity contribution in [1.29, 1.82) is 0 Å². The molecule has 0 saturated heterocycles. The molecule has 0 N–H and O–H groups in total. The minimum absolute atomic E-state index is 0.0948. The maximum absolute atomic E-state index is 12.8. The molecular weight excluding hydrogens is 829 g/mol. The highest BCUT2D eigenvalue weighted by molar-refractivity contribution is 5.71. The maximum atomic E-state index is 12.8. The molecule has 0 fully saturated rings. The van der Waals surface area contributed by atoms with Crippen LogP contribution in [0.1, 0.15) is 239 Å². The second-order valence-electron chi connectivity index (χ2n) is 17.7. The second-order valence-corrected chi connectivity index (χ2v) is 17.7. The molecule has 380 valence electrons. The molecule has 0 saturated carbocycles. The Morgan fingerprint density at radius 2 is 0.537 bits per heavy atom. The van der Waals surface area contributed by atoms with Gasteiger partial charge in [-0.05, 0) is 116 Å². The molecule has 1 unspecified atom stereocenters. The van der Waals surface area contributed by atoms with Crippen LogP contribution in [-0.4, -0.2) is 37.2 Å². The first kappa shape index (κ1) is 63.1. The van der Waals surface area contributed by atoms with Gasteiger partial charge in [-0.1, -0.05) is 214 Å². The zero-order valence-electron chi connectivity index (χ0n) is 43.4. The number of carbonyl (C=O) groups excluding carboxylic acids is 3. The molecule has 0 aromatic carbocycles. The van der Waals surface area contributed by atoms with E-state index in [1.165, 1.54) is 51.4 Å². The molecule has 6 heteroatoms. The Labute approximate surface area is 412 Å². The van der Waals surface area contributed by atoms with Gasteiger partial charge in [-0.3, -0.25) is 14.4 Å². The van der Waals surface area contributed by atoms with Crippen molar-refractivity contribution in [2.24, 2.45) is 0 Å². The smallest absolute Gasteiger partial charge is 0.306 e. The summed E-state index contributed by atoms with van der Waals surface area (Å²) in [6.07, 6.45) is 73.5. The number of hydrogen-bond acceptors (Lipinski definition) is 6. The third kappa shape index (κ3) is 52.9. The van der Waals surface area contributed by atoms with Crippen molar-refractivity contribution in [3.8, 4) is 0 Å². The molecule has 0 bridgehead atoms. The van der Waals surface area contributed by atoms with Crippen LogP contribution in [0, 0.1) is 0 Å². The van der Waals surface area contributed by atoms with E-state index in [0.717, 1.165) is 148 Å². The average molecular weight is 929 g/mol. The summed E-state index contributed by atoms with van der Waals surface area (Å²) in [4.78, 5) is 38.1. The van der Waals surface area contributed by atoms with Gasteiger partial charge in [0.1, 0.15) is 13.2 Å². The van der Waals surface area contributed by atoms with E-state index < -0.39 is 6.10 Å². The lowest BCUT2D eigenvalue weighted by molar-refractivity contribution is -0.167. The summed E-state index contributed by atoms with van der Waals surface area (Å²) in [7, 11) is 0. The molecule has 0 aliphatic carbocycles. The lowest BCUT2D eigenvalue weighted by Crippen LogP contribution is -2.30. The molecule has 0 heterocycles. The summed E-state index contributed by atoms with van der Waals surface area (Å²) < 4.78 is 16.8. The highest BCUT2D eigenvalue weighted by atomic mass is 16.6. The molecule has 0 spiro atoms. The first-order valence-electron chi connectivity index (χ1n) is 27.4. The van der Waals surface area contributed by atoms with E-state index in [9.17, 15) is 14.4 Å². The number of esters is 3. The fraction of sp³-hybridized carbons (Fsp3) is 0.656. The van der Waals surface area contributed by atoms with Gasteiger partial charge in [0.2, 0.25) is 0 Å². The van der Waals surface area contributed by atoms with E-state index in [4.69, 9.17) is 14.2 Å². The largest absolute Gasteiger partial charge is 0.462 e. The van der Waals surface area contributed by atoms with E-state index >= 15 is 0 Å². The number of carbonyl (C=O) groups is 3. The second kappa shape index (κ2) is 54.7. The molecule has 0 aromatic heterocycles. The van der Waals surface area contributed by atoms with Crippen LogP contribution in [0.15, 0.2) is 109 Å². The Hall–Kier alpha value is -3.93. The molecule has 0 radical (unpaired) electrons. The number of unbranched alkanes of at least 4 members (excludes halogenated alkanes) is 19. The number of allylic oxidation sites excluding steroid dienone is 18. The van der Waals surface area contributed by atoms with Crippen LogP contribution in [-0.2, 0) is 28.6 Å². The first-order chi connectivity index (χ1) is 33.0. The van der Waals surface area contributed by atoms with Crippen LogP contribution in [0.5, 0.6) is 0 Å². The third-order valence-corrected chi connectivity index (χ3v) is 11.3. The molecule has 6 nitrogen and oxygen atoms in total. The van der Waals surface area contributed by atoms with Gasteiger partial charge in [0.25, 0.3) is 0 Å². The Kier molecular flexibility index (Phi) is 51.5. The van der Waals surface area contributed by atoms with Crippen LogP contribution >= 0.6 is 0 Å². The Morgan fingerprint density at radius 3 is 0.836 bits per heavy atom. The minimum Gasteiger partial charge on any atom is -0.462 e. The van der Waals surface area contributed by atoms with Gasteiger partial charge in [0.15, 0.2) is 6.10 Å². The van der Waals surface area contributed by atoms with Gasteiger partial charge >= 0.3 is 17.9 Å². The van der Waals surface area contributed by atoms with Crippen molar-refractivity contribution in [2.45, 2.75) is 245 Å². The molecule has 0 aromatic rings. The van der Waals surface area contributed by atoms with E-state index in [2.05, 4.69) is 130 Å². The van der Waals surface area contributed by atoms with Crippen LogP contribution in [0.2, 0.25) is 0 Å². The van der Waals surface area contributed by atoms with E-state index in [1.807, 2.05) is 0 Å². The molecule has 0 amide bonds. The van der Waals surface area contributed by atoms with Gasteiger partial charge in [0.05, 0.1) is 0 Å². The zero-order valence-corrected chi connectivity index (χ0v) is 43.4. The van der Waals surface area contributed by atoms with Gasteiger partial charge in [-0.25, -0.2) is 0 Å². The monoisotopic (exact) mass is 929 g/mol. The topological polar surface area (TPSA) is 78.9 Å². The lowest BCUT2D eigenvalue weighted by atomic mass is 10.1. The number of ether oxygens (including phenoxy) is 3. The normalized spacial score (nSPS) is 12.9. The average Bonchev–Trinajstić information content (AvgIpc) is 3.33. The molecule has 0 rings (SSSR count). The molecule has 0 aliphatic heterocycles. The van der Waals surface area contributed by atoms with E-state index in [1.54, 1.807) is 0 Å². The summed E-state index contributed by atoms with van der Waals surface area (Å²) in [6, 6.07) is 0. The number of rotatable bonds is 48. The Bertz CT molecular complexity index is 1390. The molecule has 1 atom stereocenters. The Balaban J connectivity index is 4.46. The third-order valence-electron chi connectivity index (χ3n) is 11.3. The maximum Gasteiger partial charge on any atom is 0.306 e. The lowest BCUT2D eigenvalue weighted by Gasteiger charge is -2.18. The van der Waals surface area contributed by atoms with Crippen molar-refractivity contribution < 1.29 is 28.6 Å². The Morgan fingerprint density at radius 1 is 0.299 bits per heavy atom. The fourth-order valence-corrected chi connectivity index (χ4v) is 7.25. The fourth-order valence-electron chi connectivity index (χ4n) is 7.25.